The van der Waals surface area contributed by atoms with Gasteiger partial charge in [-0.05, 0) is 12.1 Å². The van der Waals surface area contributed by atoms with Gasteiger partial charge in [0.25, 0.3) is 5.69 Å². The van der Waals surface area contributed by atoms with E-state index >= 15 is 0 Å². The number of carbonyl (C=O) groups is 1. The zero-order chi connectivity index (χ0) is 13.7. The average Bonchev–Trinajstić information content (AvgIpc) is 2.34. The highest BCUT2D eigenvalue weighted by Gasteiger charge is 2.17. The van der Waals surface area contributed by atoms with E-state index in [1.807, 2.05) is 0 Å². The second-order valence-corrected chi connectivity index (χ2v) is 4.64. The predicted molar refractivity (Wildman–Crippen MR) is 70.5 cm³/mol. The third-order valence-corrected chi connectivity index (χ3v) is 2.85. The summed E-state index contributed by atoms with van der Waals surface area (Å²) in [5, 5.41) is 13.7. The largest absolute Gasteiger partial charge is 0.469 e. The van der Waals surface area contributed by atoms with Crippen molar-refractivity contribution in [1.29, 1.82) is 0 Å². The number of methoxy groups -OCH3 is 1. The first-order valence-corrected chi connectivity index (χ1v) is 6.00. The van der Waals surface area contributed by atoms with Crippen molar-refractivity contribution in [1.82, 2.24) is 0 Å². The fraction of sp³-hybridized carbons (Fsp3) is 0.364. The van der Waals surface area contributed by atoms with Crippen LogP contribution in [0.15, 0.2) is 22.7 Å². The van der Waals surface area contributed by atoms with Crippen LogP contribution in [0.2, 0.25) is 0 Å². The molecule has 1 atom stereocenters. The summed E-state index contributed by atoms with van der Waals surface area (Å²) in [5.74, 6) is -0.742. The third-order valence-electron chi connectivity index (χ3n) is 2.36. The van der Waals surface area contributed by atoms with E-state index in [9.17, 15) is 14.9 Å². The number of hydrogen-bond acceptors (Lipinski definition) is 5. The number of hydrogen-bond donors (Lipinski definition) is 1. The highest BCUT2D eigenvalue weighted by atomic mass is 79.9. The number of halogens is 1. The van der Waals surface area contributed by atoms with Crippen molar-refractivity contribution in [2.45, 2.75) is 6.92 Å². The van der Waals surface area contributed by atoms with E-state index in [1.165, 1.54) is 13.2 Å². The average molecular weight is 317 g/mol. The summed E-state index contributed by atoms with van der Waals surface area (Å²) < 4.78 is 5.30. The van der Waals surface area contributed by atoms with Gasteiger partial charge in [0.2, 0.25) is 0 Å². The Balaban J connectivity index is 2.80. The quantitative estimate of drug-likeness (QED) is 0.513. The van der Waals surface area contributed by atoms with Gasteiger partial charge in [0.05, 0.1) is 18.0 Å². The SMILES string of the molecule is COC(=O)[C@H](C)CNc1cc(Br)ccc1[N+](=O)[O-]. The highest BCUT2D eigenvalue weighted by molar-refractivity contribution is 9.10. The Hall–Kier alpha value is -1.63. The molecule has 98 valence electrons. The standard InChI is InChI=1S/C11H13BrN2O4/c1-7(11(15)18-2)6-13-9-5-8(12)3-4-10(9)14(16)17/h3-5,7,13H,6H2,1-2H3/t7-/m1/s1. The molecule has 0 bridgehead atoms. The van der Waals surface area contributed by atoms with Gasteiger partial charge in [0.15, 0.2) is 0 Å². The summed E-state index contributed by atoms with van der Waals surface area (Å²) in [5.41, 5.74) is 0.334. The van der Waals surface area contributed by atoms with Crippen LogP contribution in [0, 0.1) is 16.0 Å². The van der Waals surface area contributed by atoms with Gasteiger partial charge < -0.3 is 10.1 Å². The van der Waals surface area contributed by atoms with Crippen LogP contribution in [0.1, 0.15) is 6.92 Å². The van der Waals surface area contributed by atoms with Crippen LogP contribution in [0.4, 0.5) is 11.4 Å². The van der Waals surface area contributed by atoms with Crippen LogP contribution < -0.4 is 5.32 Å². The molecule has 0 saturated heterocycles. The van der Waals surface area contributed by atoms with Gasteiger partial charge >= 0.3 is 5.97 Å². The molecule has 0 radical (unpaired) electrons. The lowest BCUT2D eigenvalue weighted by Gasteiger charge is -2.11. The van der Waals surface area contributed by atoms with Gasteiger partial charge in [-0.3, -0.25) is 14.9 Å². The van der Waals surface area contributed by atoms with Crippen molar-refractivity contribution < 1.29 is 14.5 Å². The van der Waals surface area contributed by atoms with Gasteiger partial charge in [0.1, 0.15) is 5.69 Å². The molecule has 0 heterocycles. The van der Waals surface area contributed by atoms with E-state index in [-0.39, 0.29) is 24.1 Å². The minimum absolute atomic E-state index is 0.0322. The van der Waals surface area contributed by atoms with Crippen molar-refractivity contribution in [3.05, 3.63) is 32.8 Å². The van der Waals surface area contributed by atoms with Gasteiger partial charge in [-0.1, -0.05) is 22.9 Å². The first-order valence-electron chi connectivity index (χ1n) is 5.21. The molecule has 0 saturated carbocycles. The van der Waals surface area contributed by atoms with Gasteiger partial charge in [-0.25, -0.2) is 0 Å². The number of ether oxygens (including phenoxy) is 1. The molecule has 6 nitrogen and oxygen atoms in total. The number of nitrogens with zero attached hydrogens (tertiary/aromatic N) is 1. The first-order chi connectivity index (χ1) is 8.45. The summed E-state index contributed by atoms with van der Waals surface area (Å²) >= 11 is 3.24. The maximum Gasteiger partial charge on any atom is 0.310 e. The first kappa shape index (κ1) is 14.4. The number of rotatable bonds is 5. The molecule has 0 aliphatic heterocycles. The maximum absolute atomic E-state index is 11.2. The molecule has 0 aliphatic rings. The normalized spacial score (nSPS) is 11.7. The predicted octanol–water partition coefficient (Wildman–Crippen LogP) is 2.58. The lowest BCUT2D eigenvalue weighted by Crippen LogP contribution is -2.21. The molecule has 1 aromatic carbocycles. The van der Waals surface area contributed by atoms with E-state index in [1.54, 1.807) is 19.1 Å². The summed E-state index contributed by atoms with van der Waals surface area (Å²) in [6, 6.07) is 4.59. The molecular weight excluding hydrogens is 304 g/mol. The van der Waals surface area contributed by atoms with Crippen LogP contribution in [-0.2, 0) is 9.53 Å². The van der Waals surface area contributed by atoms with Gasteiger partial charge in [0, 0.05) is 17.1 Å². The molecule has 7 heteroatoms. The zero-order valence-corrected chi connectivity index (χ0v) is 11.6. The Morgan fingerprint density at radius 1 is 1.61 bits per heavy atom. The van der Waals surface area contributed by atoms with E-state index in [4.69, 9.17) is 0 Å². The fourth-order valence-electron chi connectivity index (χ4n) is 1.36. The fourth-order valence-corrected chi connectivity index (χ4v) is 1.72. The zero-order valence-electron chi connectivity index (χ0n) is 9.97. The Morgan fingerprint density at radius 2 is 2.28 bits per heavy atom. The van der Waals surface area contributed by atoms with E-state index < -0.39 is 4.92 Å². The van der Waals surface area contributed by atoms with E-state index in [0.29, 0.717) is 5.69 Å². The lowest BCUT2D eigenvalue weighted by atomic mass is 10.2. The second-order valence-electron chi connectivity index (χ2n) is 3.72. The highest BCUT2D eigenvalue weighted by Crippen LogP contribution is 2.27. The molecule has 18 heavy (non-hydrogen) atoms. The van der Waals surface area contributed by atoms with Gasteiger partial charge in [-0.2, -0.15) is 0 Å². The number of esters is 1. The van der Waals surface area contributed by atoms with Crippen molar-refractivity contribution >= 4 is 33.3 Å². The molecule has 0 fully saturated rings. The monoisotopic (exact) mass is 316 g/mol. The van der Waals surface area contributed by atoms with Crippen molar-refractivity contribution in [2.24, 2.45) is 5.92 Å². The molecule has 0 spiro atoms. The number of carbonyl (C=O) groups excluding carboxylic acids is 1. The number of nitrogens with one attached hydrogen (secondary N) is 1. The Morgan fingerprint density at radius 3 is 2.83 bits per heavy atom. The van der Waals surface area contributed by atoms with Crippen LogP contribution in [-0.4, -0.2) is 24.5 Å². The number of anilines is 1. The van der Waals surface area contributed by atoms with Crippen molar-refractivity contribution in [3.63, 3.8) is 0 Å². The summed E-state index contributed by atoms with van der Waals surface area (Å²) in [6.07, 6.45) is 0. The molecule has 1 N–H and O–H groups in total. The van der Waals surface area contributed by atoms with Gasteiger partial charge in [-0.15, -0.1) is 0 Å². The second kappa shape index (κ2) is 6.34. The molecule has 0 aliphatic carbocycles. The summed E-state index contributed by atoms with van der Waals surface area (Å²) in [6.45, 7) is 1.95. The lowest BCUT2D eigenvalue weighted by molar-refractivity contribution is -0.384. The van der Waals surface area contributed by atoms with Crippen molar-refractivity contribution in [2.75, 3.05) is 19.0 Å². The minimum Gasteiger partial charge on any atom is -0.469 e. The van der Waals surface area contributed by atoms with Crippen LogP contribution in [0.3, 0.4) is 0 Å². The Labute approximate surface area is 113 Å². The Bertz CT molecular complexity index is 464. The van der Waals surface area contributed by atoms with Crippen LogP contribution >= 0.6 is 15.9 Å². The minimum atomic E-state index is -0.475. The molecule has 1 aromatic rings. The Kier molecular flexibility index (Phi) is 5.08. The number of benzene rings is 1. The molecular formula is C11H13BrN2O4. The molecule has 0 amide bonds. The number of nitro benzene ring substituents is 1. The van der Waals surface area contributed by atoms with E-state index in [0.717, 1.165) is 4.47 Å². The molecule has 0 aromatic heterocycles. The van der Waals surface area contributed by atoms with Crippen molar-refractivity contribution in [3.8, 4) is 0 Å². The molecule has 0 unspecified atom stereocenters. The van der Waals surface area contributed by atoms with Crippen LogP contribution in [0.5, 0.6) is 0 Å². The number of nitro groups is 1. The summed E-state index contributed by atoms with van der Waals surface area (Å²) in [4.78, 5) is 21.6. The summed E-state index contributed by atoms with van der Waals surface area (Å²) in [7, 11) is 1.31. The molecule has 1 rings (SSSR count). The maximum atomic E-state index is 11.2. The van der Waals surface area contributed by atoms with E-state index in [2.05, 4.69) is 26.0 Å². The smallest absolute Gasteiger partial charge is 0.310 e. The van der Waals surface area contributed by atoms with Crippen LogP contribution in [0.25, 0.3) is 0 Å². The topological polar surface area (TPSA) is 81.5 Å². The third kappa shape index (κ3) is 3.69.